The van der Waals surface area contributed by atoms with Gasteiger partial charge in [0.1, 0.15) is 16.4 Å². The molecule has 2 aromatic rings. The molecule has 1 aliphatic rings. The predicted molar refractivity (Wildman–Crippen MR) is 80.3 cm³/mol. The number of aromatic nitrogens is 1. The zero-order valence-electron chi connectivity index (χ0n) is 10.6. The van der Waals surface area contributed by atoms with Crippen molar-refractivity contribution in [2.24, 2.45) is 4.99 Å². The number of pyridine rings is 1. The van der Waals surface area contributed by atoms with Crippen molar-refractivity contribution < 1.29 is 0 Å². The van der Waals surface area contributed by atoms with Crippen LogP contribution in [0.25, 0.3) is 0 Å². The number of hydrogen-bond acceptors (Lipinski definition) is 4. The van der Waals surface area contributed by atoms with E-state index in [-0.39, 0.29) is 5.41 Å². The molecule has 3 nitrogen and oxygen atoms in total. The first-order valence-electron chi connectivity index (χ1n) is 6.17. The van der Waals surface area contributed by atoms with Gasteiger partial charge in [-0.05, 0) is 30.5 Å². The Morgan fingerprint density at radius 1 is 1.32 bits per heavy atom. The first-order valence-corrected chi connectivity index (χ1v) is 7.43. The standard InChI is InChI=1S/C14H14ClN3S/c1-14(11-5-3-9-19-11,13-16-7-8-17-13)10-4-2-6-12(15)18-10/h2-6,9H,7-8H2,1H3,(H,16,17). The maximum absolute atomic E-state index is 6.05. The Balaban J connectivity index is 2.16. The smallest absolute Gasteiger partial charge is 0.129 e. The minimum atomic E-state index is -0.352. The molecule has 5 heteroatoms. The molecule has 1 aliphatic heterocycles. The highest BCUT2D eigenvalue weighted by molar-refractivity contribution is 7.10. The molecule has 0 fully saturated rings. The number of aliphatic imine (C=N–C) groups is 1. The highest BCUT2D eigenvalue weighted by atomic mass is 35.5. The lowest BCUT2D eigenvalue weighted by atomic mass is 9.83. The Bertz CT molecular complexity index is 609. The summed E-state index contributed by atoms with van der Waals surface area (Å²) in [6, 6.07) is 9.91. The van der Waals surface area contributed by atoms with Crippen LogP contribution in [0.1, 0.15) is 17.5 Å². The highest BCUT2D eigenvalue weighted by Gasteiger charge is 2.38. The van der Waals surface area contributed by atoms with Crippen LogP contribution < -0.4 is 5.32 Å². The summed E-state index contributed by atoms with van der Waals surface area (Å²) in [5.74, 6) is 0.977. The molecule has 3 heterocycles. The Morgan fingerprint density at radius 2 is 2.21 bits per heavy atom. The van der Waals surface area contributed by atoms with Gasteiger partial charge in [-0.3, -0.25) is 4.99 Å². The van der Waals surface area contributed by atoms with Gasteiger partial charge in [-0.2, -0.15) is 0 Å². The third kappa shape index (κ3) is 2.15. The van der Waals surface area contributed by atoms with Gasteiger partial charge in [-0.1, -0.05) is 23.7 Å². The Kier molecular flexibility index (Phi) is 3.29. The predicted octanol–water partition coefficient (Wildman–Crippen LogP) is 3.10. The summed E-state index contributed by atoms with van der Waals surface area (Å²) in [7, 11) is 0. The summed E-state index contributed by atoms with van der Waals surface area (Å²) in [6.07, 6.45) is 0. The van der Waals surface area contributed by atoms with E-state index >= 15 is 0 Å². The molecular weight excluding hydrogens is 278 g/mol. The van der Waals surface area contributed by atoms with Gasteiger partial charge in [0.05, 0.1) is 12.2 Å². The zero-order chi connectivity index (χ0) is 13.3. The second kappa shape index (κ2) is 4.94. The molecule has 0 bridgehead atoms. The maximum atomic E-state index is 6.05. The van der Waals surface area contributed by atoms with Gasteiger partial charge in [0.2, 0.25) is 0 Å². The van der Waals surface area contributed by atoms with Crippen LogP contribution in [0, 0.1) is 0 Å². The van der Waals surface area contributed by atoms with E-state index in [4.69, 9.17) is 11.6 Å². The van der Waals surface area contributed by atoms with Gasteiger partial charge in [0.25, 0.3) is 0 Å². The normalized spacial score (nSPS) is 17.7. The number of thiophene rings is 1. The topological polar surface area (TPSA) is 37.3 Å². The summed E-state index contributed by atoms with van der Waals surface area (Å²) in [5.41, 5.74) is 0.575. The van der Waals surface area contributed by atoms with Crippen molar-refractivity contribution in [1.82, 2.24) is 10.3 Å². The van der Waals surface area contributed by atoms with E-state index in [9.17, 15) is 0 Å². The molecule has 0 saturated carbocycles. The molecule has 0 radical (unpaired) electrons. The summed E-state index contributed by atoms with van der Waals surface area (Å²) < 4.78 is 0. The fourth-order valence-corrected chi connectivity index (χ4v) is 3.41. The average Bonchev–Trinajstić information content (AvgIpc) is 3.11. The van der Waals surface area contributed by atoms with Crippen molar-refractivity contribution in [3.05, 3.63) is 51.4 Å². The van der Waals surface area contributed by atoms with Crippen LogP contribution in [0.15, 0.2) is 40.7 Å². The van der Waals surface area contributed by atoms with Gasteiger partial charge in [-0.25, -0.2) is 4.98 Å². The van der Waals surface area contributed by atoms with Crippen molar-refractivity contribution in [2.75, 3.05) is 13.1 Å². The van der Waals surface area contributed by atoms with Crippen LogP contribution in [0.3, 0.4) is 0 Å². The zero-order valence-corrected chi connectivity index (χ0v) is 12.1. The quantitative estimate of drug-likeness (QED) is 0.882. The molecule has 1 unspecified atom stereocenters. The monoisotopic (exact) mass is 291 g/mol. The van der Waals surface area contributed by atoms with Crippen molar-refractivity contribution >= 4 is 28.8 Å². The molecule has 98 valence electrons. The van der Waals surface area contributed by atoms with Crippen LogP contribution in [-0.4, -0.2) is 23.9 Å². The molecule has 0 amide bonds. The number of rotatable bonds is 3. The SMILES string of the molecule is CC(C1=NCCN1)(c1cccc(Cl)n1)c1cccs1. The minimum absolute atomic E-state index is 0.352. The molecule has 3 rings (SSSR count). The van der Waals surface area contributed by atoms with Gasteiger partial charge < -0.3 is 5.32 Å². The van der Waals surface area contributed by atoms with Crippen LogP contribution in [0.4, 0.5) is 0 Å². The second-order valence-electron chi connectivity index (χ2n) is 4.60. The number of hydrogen-bond donors (Lipinski definition) is 1. The molecule has 1 atom stereocenters. The lowest BCUT2D eigenvalue weighted by Gasteiger charge is -2.28. The second-order valence-corrected chi connectivity index (χ2v) is 5.94. The molecule has 0 aromatic carbocycles. The Labute approximate surface area is 121 Å². The Morgan fingerprint density at radius 3 is 2.84 bits per heavy atom. The van der Waals surface area contributed by atoms with E-state index in [0.29, 0.717) is 5.15 Å². The maximum Gasteiger partial charge on any atom is 0.129 e. The van der Waals surface area contributed by atoms with Crippen molar-refractivity contribution in [3.63, 3.8) is 0 Å². The fraction of sp³-hybridized carbons (Fsp3) is 0.286. The van der Waals surface area contributed by atoms with E-state index in [1.807, 2.05) is 12.1 Å². The first-order chi connectivity index (χ1) is 9.21. The molecule has 1 N–H and O–H groups in total. The molecule has 2 aromatic heterocycles. The van der Waals surface area contributed by atoms with Gasteiger partial charge >= 0.3 is 0 Å². The molecule has 0 spiro atoms. The van der Waals surface area contributed by atoms with Crippen LogP contribution in [-0.2, 0) is 5.41 Å². The van der Waals surface area contributed by atoms with Gasteiger partial charge in [0, 0.05) is 11.4 Å². The van der Waals surface area contributed by atoms with Crippen LogP contribution in [0.2, 0.25) is 5.15 Å². The van der Waals surface area contributed by atoms with Gasteiger partial charge in [0.15, 0.2) is 0 Å². The van der Waals surface area contributed by atoms with Crippen LogP contribution >= 0.6 is 22.9 Å². The summed E-state index contributed by atoms with van der Waals surface area (Å²) in [4.78, 5) is 10.3. The van der Waals surface area contributed by atoms with Crippen LogP contribution in [0.5, 0.6) is 0 Å². The first kappa shape index (κ1) is 12.6. The van der Waals surface area contributed by atoms with E-state index in [1.54, 1.807) is 17.4 Å². The van der Waals surface area contributed by atoms with E-state index in [0.717, 1.165) is 24.6 Å². The molecule has 19 heavy (non-hydrogen) atoms. The van der Waals surface area contributed by atoms with Gasteiger partial charge in [-0.15, -0.1) is 11.3 Å². The summed E-state index contributed by atoms with van der Waals surface area (Å²) >= 11 is 7.76. The average molecular weight is 292 g/mol. The summed E-state index contributed by atoms with van der Waals surface area (Å²) in [6.45, 7) is 3.85. The number of halogens is 1. The number of amidine groups is 1. The molecule has 0 saturated heterocycles. The summed E-state index contributed by atoms with van der Waals surface area (Å²) in [5, 5.41) is 5.97. The number of nitrogens with one attached hydrogen (secondary N) is 1. The third-order valence-corrected chi connectivity index (χ3v) is 4.69. The lowest BCUT2D eigenvalue weighted by Crippen LogP contribution is -2.41. The largest absolute Gasteiger partial charge is 0.371 e. The third-order valence-electron chi connectivity index (χ3n) is 3.39. The number of nitrogens with zero attached hydrogens (tertiary/aromatic N) is 2. The van der Waals surface area contributed by atoms with Crippen molar-refractivity contribution in [1.29, 1.82) is 0 Å². The van der Waals surface area contributed by atoms with E-state index in [1.165, 1.54) is 4.88 Å². The lowest BCUT2D eigenvalue weighted by molar-refractivity contribution is 0.730. The van der Waals surface area contributed by atoms with E-state index in [2.05, 4.69) is 39.7 Å². The van der Waals surface area contributed by atoms with Crippen molar-refractivity contribution in [2.45, 2.75) is 12.3 Å². The molecular formula is C14H14ClN3S. The molecule has 0 aliphatic carbocycles. The highest BCUT2D eigenvalue weighted by Crippen LogP contribution is 2.35. The van der Waals surface area contributed by atoms with E-state index < -0.39 is 0 Å². The minimum Gasteiger partial charge on any atom is -0.371 e. The van der Waals surface area contributed by atoms with Crippen molar-refractivity contribution in [3.8, 4) is 0 Å². The fourth-order valence-electron chi connectivity index (χ4n) is 2.35. The Hall–Kier alpha value is -1.39.